The minimum Gasteiger partial charge on any atom is -0.466 e. The molecule has 1 saturated heterocycles. The fourth-order valence-corrected chi connectivity index (χ4v) is 5.00. The summed E-state index contributed by atoms with van der Waals surface area (Å²) in [6, 6.07) is 14.6. The van der Waals surface area contributed by atoms with Crippen molar-refractivity contribution in [2.45, 2.75) is 53.0 Å². The Bertz CT molecular complexity index is 1080. The van der Waals surface area contributed by atoms with Gasteiger partial charge in [-0.3, -0.25) is 14.5 Å². The second-order valence-corrected chi connectivity index (χ2v) is 9.56. The number of carbonyl (C=O) groups excluding carboxylic acids is 2. The Labute approximate surface area is 202 Å². The molecule has 2 heterocycles. The summed E-state index contributed by atoms with van der Waals surface area (Å²) < 4.78 is 5.22. The predicted octanol–water partition coefficient (Wildman–Crippen LogP) is 4.56. The summed E-state index contributed by atoms with van der Waals surface area (Å²) in [5.74, 6) is -0.356. The maximum Gasteiger partial charge on any atom is 0.310 e. The van der Waals surface area contributed by atoms with Crippen LogP contribution >= 0.6 is 0 Å². The SMILES string of the molecule is CCOC(=O)[C@@H]1CCCN(CC(=O)N2N=C(c3ccc(C)cc3C)C[C@@H]2c2ccc(C)cc2)C1. The van der Waals surface area contributed by atoms with E-state index in [1.807, 2.05) is 6.92 Å². The molecule has 1 amide bonds. The molecule has 0 spiro atoms. The number of aryl methyl sites for hydroxylation is 3. The summed E-state index contributed by atoms with van der Waals surface area (Å²) in [7, 11) is 0. The number of benzene rings is 2. The van der Waals surface area contributed by atoms with Crippen LogP contribution in [0.1, 0.15) is 60.0 Å². The van der Waals surface area contributed by atoms with Crippen LogP contribution in [0.3, 0.4) is 0 Å². The van der Waals surface area contributed by atoms with E-state index >= 15 is 0 Å². The third kappa shape index (κ3) is 5.39. The number of piperidine rings is 1. The highest BCUT2D eigenvalue weighted by Crippen LogP contribution is 2.34. The first-order valence-electron chi connectivity index (χ1n) is 12.3. The molecule has 0 aliphatic carbocycles. The molecule has 180 valence electrons. The summed E-state index contributed by atoms with van der Waals surface area (Å²) in [5, 5.41) is 6.53. The highest BCUT2D eigenvalue weighted by atomic mass is 16.5. The molecule has 1 fully saturated rings. The van der Waals surface area contributed by atoms with Crippen molar-refractivity contribution in [1.82, 2.24) is 9.91 Å². The molecule has 0 unspecified atom stereocenters. The van der Waals surface area contributed by atoms with E-state index in [9.17, 15) is 9.59 Å². The van der Waals surface area contributed by atoms with Crippen LogP contribution in [0.25, 0.3) is 0 Å². The van der Waals surface area contributed by atoms with Crippen LogP contribution in [0.4, 0.5) is 0 Å². The number of hydrogen-bond donors (Lipinski definition) is 0. The number of carbonyl (C=O) groups is 2. The van der Waals surface area contributed by atoms with Crippen molar-refractivity contribution < 1.29 is 14.3 Å². The molecule has 6 heteroatoms. The molecule has 6 nitrogen and oxygen atoms in total. The van der Waals surface area contributed by atoms with E-state index in [4.69, 9.17) is 9.84 Å². The van der Waals surface area contributed by atoms with Gasteiger partial charge in [0.15, 0.2) is 0 Å². The smallest absolute Gasteiger partial charge is 0.310 e. The Kier molecular flexibility index (Phi) is 7.47. The number of nitrogens with zero attached hydrogens (tertiary/aromatic N) is 3. The van der Waals surface area contributed by atoms with Gasteiger partial charge < -0.3 is 4.74 Å². The monoisotopic (exact) mass is 461 g/mol. The van der Waals surface area contributed by atoms with Gasteiger partial charge >= 0.3 is 5.97 Å². The lowest BCUT2D eigenvalue weighted by molar-refractivity contribution is -0.150. The molecule has 0 bridgehead atoms. The van der Waals surface area contributed by atoms with Crippen LogP contribution in [-0.4, -0.2) is 53.7 Å². The Morgan fingerprint density at radius 2 is 1.79 bits per heavy atom. The predicted molar refractivity (Wildman–Crippen MR) is 134 cm³/mol. The number of hydrogen-bond acceptors (Lipinski definition) is 5. The van der Waals surface area contributed by atoms with E-state index < -0.39 is 0 Å². The molecule has 4 rings (SSSR count). The molecule has 2 atom stereocenters. The average molecular weight is 462 g/mol. The van der Waals surface area contributed by atoms with Crippen LogP contribution in [0.5, 0.6) is 0 Å². The second kappa shape index (κ2) is 10.5. The zero-order valence-corrected chi connectivity index (χ0v) is 20.7. The highest BCUT2D eigenvalue weighted by molar-refractivity contribution is 6.04. The molecule has 2 aromatic rings. The summed E-state index contributed by atoms with van der Waals surface area (Å²) >= 11 is 0. The second-order valence-electron chi connectivity index (χ2n) is 9.56. The Balaban J connectivity index is 1.56. The van der Waals surface area contributed by atoms with E-state index in [1.165, 1.54) is 16.7 Å². The summed E-state index contributed by atoms with van der Waals surface area (Å²) in [4.78, 5) is 27.9. The fraction of sp³-hybridized carbons (Fsp3) is 0.464. The lowest BCUT2D eigenvalue weighted by Crippen LogP contribution is -2.44. The lowest BCUT2D eigenvalue weighted by Gasteiger charge is -2.32. The van der Waals surface area contributed by atoms with Gasteiger partial charge in [0.25, 0.3) is 5.91 Å². The van der Waals surface area contributed by atoms with Gasteiger partial charge in [0.05, 0.1) is 30.8 Å². The van der Waals surface area contributed by atoms with Crippen LogP contribution < -0.4 is 0 Å². The van der Waals surface area contributed by atoms with Crippen molar-refractivity contribution in [2.24, 2.45) is 11.0 Å². The Morgan fingerprint density at radius 3 is 2.50 bits per heavy atom. The topological polar surface area (TPSA) is 62.2 Å². The van der Waals surface area contributed by atoms with Crippen LogP contribution in [0, 0.1) is 26.7 Å². The van der Waals surface area contributed by atoms with Crippen LogP contribution in [0.2, 0.25) is 0 Å². The van der Waals surface area contributed by atoms with E-state index in [0.717, 1.165) is 36.2 Å². The van der Waals surface area contributed by atoms with E-state index in [0.29, 0.717) is 19.6 Å². The minimum absolute atomic E-state index is 0.0325. The van der Waals surface area contributed by atoms with Gasteiger partial charge in [-0.1, -0.05) is 53.6 Å². The zero-order chi connectivity index (χ0) is 24.2. The lowest BCUT2D eigenvalue weighted by atomic mass is 9.95. The Hall–Kier alpha value is -2.99. The van der Waals surface area contributed by atoms with Crippen molar-refractivity contribution in [1.29, 1.82) is 0 Å². The van der Waals surface area contributed by atoms with Gasteiger partial charge in [0.1, 0.15) is 0 Å². The van der Waals surface area contributed by atoms with Gasteiger partial charge in [0, 0.05) is 18.5 Å². The number of ether oxygens (including phenoxy) is 1. The number of amides is 1. The first kappa shape index (κ1) is 24.1. The Morgan fingerprint density at radius 1 is 1.06 bits per heavy atom. The quantitative estimate of drug-likeness (QED) is 0.592. The van der Waals surface area contributed by atoms with E-state index in [1.54, 1.807) is 5.01 Å². The molecule has 2 aromatic carbocycles. The van der Waals surface area contributed by atoms with Gasteiger partial charge in [0.2, 0.25) is 0 Å². The third-order valence-electron chi connectivity index (χ3n) is 6.81. The van der Waals surface area contributed by atoms with Crippen molar-refractivity contribution in [3.05, 3.63) is 70.3 Å². The average Bonchev–Trinajstić information content (AvgIpc) is 3.25. The summed E-state index contributed by atoms with van der Waals surface area (Å²) in [5.41, 5.74) is 6.70. The number of hydrazone groups is 1. The number of esters is 1. The summed E-state index contributed by atoms with van der Waals surface area (Å²) in [6.07, 6.45) is 2.38. The van der Waals surface area contributed by atoms with Gasteiger partial charge in [-0.15, -0.1) is 0 Å². The molecule has 34 heavy (non-hydrogen) atoms. The molecule has 2 aliphatic rings. The molecule has 0 radical (unpaired) electrons. The molecular formula is C28H35N3O3. The standard InChI is InChI=1S/C28H35N3O3/c1-5-34-28(33)23-7-6-14-30(17-23)18-27(32)31-26(22-11-8-19(2)9-12-22)16-25(29-31)24-13-10-20(3)15-21(24)4/h8-13,15,23,26H,5-7,14,16-18H2,1-4H3/t23-,26-/m1/s1. The van der Waals surface area contributed by atoms with E-state index in [-0.39, 0.29) is 30.4 Å². The van der Waals surface area contributed by atoms with Gasteiger partial charge in [-0.2, -0.15) is 5.10 Å². The van der Waals surface area contributed by atoms with Crippen molar-refractivity contribution in [3.8, 4) is 0 Å². The maximum atomic E-state index is 13.5. The van der Waals surface area contributed by atoms with Crippen LogP contribution in [-0.2, 0) is 14.3 Å². The fourth-order valence-electron chi connectivity index (χ4n) is 5.00. The number of rotatable bonds is 6. The first-order chi connectivity index (χ1) is 16.4. The van der Waals surface area contributed by atoms with Gasteiger partial charge in [-0.05, 0) is 58.2 Å². The van der Waals surface area contributed by atoms with Gasteiger partial charge in [-0.25, -0.2) is 5.01 Å². The largest absolute Gasteiger partial charge is 0.466 e. The molecule has 0 aromatic heterocycles. The zero-order valence-electron chi connectivity index (χ0n) is 20.7. The normalized spacial score (nSPS) is 20.8. The third-order valence-corrected chi connectivity index (χ3v) is 6.81. The van der Waals surface area contributed by atoms with Crippen LogP contribution in [0.15, 0.2) is 47.6 Å². The van der Waals surface area contributed by atoms with Crippen molar-refractivity contribution in [3.63, 3.8) is 0 Å². The highest BCUT2D eigenvalue weighted by Gasteiger charge is 2.35. The minimum atomic E-state index is -0.165. The van der Waals surface area contributed by atoms with Crippen molar-refractivity contribution in [2.75, 3.05) is 26.2 Å². The summed E-state index contributed by atoms with van der Waals surface area (Å²) in [6.45, 7) is 10.1. The molecule has 0 N–H and O–H groups in total. The molecule has 0 saturated carbocycles. The molecule has 2 aliphatic heterocycles. The maximum absolute atomic E-state index is 13.5. The number of likely N-dealkylation sites (tertiary alicyclic amines) is 1. The molecular weight excluding hydrogens is 426 g/mol. The first-order valence-corrected chi connectivity index (χ1v) is 12.3. The van der Waals surface area contributed by atoms with E-state index in [2.05, 4.69) is 68.1 Å². The van der Waals surface area contributed by atoms with Crippen molar-refractivity contribution >= 4 is 17.6 Å².